The number of pyridine rings is 1. The highest BCUT2D eigenvalue weighted by Gasteiger charge is 2.28. The number of hydrogen-bond donors (Lipinski definition) is 1. The van der Waals surface area contributed by atoms with E-state index in [4.69, 9.17) is 11.6 Å². The molecule has 0 saturated heterocycles. The van der Waals surface area contributed by atoms with Gasteiger partial charge >= 0.3 is 0 Å². The van der Waals surface area contributed by atoms with Crippen LogP contribution in [0.4, 0.5) is 8.78 Å². The Bertz CT molecular complexity index is 722. The number of halogens is 3. The van der Waals surface area contributed by atoms with Gasteiger partial charge in [0, 0.05) is 12.2 Å². The van der Waals surface area contributed by atoms with Gasteiger partial charge in [-0.2, -0.15) is 8.42 Å². The number of hydrogen-bond acceptors (Lipinski definition) is 5. The summed E-state index contributed by atoms with van der Waals surface area (Å²) in [7, 11) is -2.39. The highest BCUT2D eigenvalue weighted by molar-refractivity contribution is 7.86. The molecule has 0 bridgehead atoms. The fraction of sp³-hybridized carbons (Fsp3) is 0.600. The SMILES string of the molecule is COS(=O)(=O)CC1CCC(NC(=O)c2cc(Cl)cnc2C(F)F)CC1. The Labute approximate surface area is 150 Å². The number of rotatable bonds is 6. The molecular weight excluding hydrogens is 378 g/mol. The number of amides is 1. The molecule has 0 spiro atoms. The molecule has 2 rings (SSSR count). The molecule has 1 aliphatic rings. The Morgan fingerprint density at radius 1 is 1.40 bits per heavy atom. The molecular formula is C15H19ClF2N2O4S. The van der Waals surface area contributed by atoms with Crippen LogP contribution in [0.1, 0.15) is 48.2 Å². The van der Waals surface area contributed by atoms with E-state index in [1.165, 1.54) is 6.07 Å². The third kappa shape index (κ3) is 5.58. The van der Waals surface area contributed by atoms with Crippen LogP contribution in [0.2, 0.25) is 5.02 Å². The second kappa shape index (κ2) is 8.37. The topological polar surface area (TPSA) is 85.4 Å². The Hall–Kier alpha value is -1.32. The average molecular weight is 397 g/mol. The molecule has 140 valence electrons. The summed E-state index contributed by atoms with van der Waals surface area (Å²) in [6.07, 6.45) is 0.516. The maximum atomic E-state index is 13.0. The van der Waals surface area contributed by atoms with E-state index in [-0.39, 0.29) is 28.3 Å². The Kier molecular flexibility index (Phi) is 6.70. The predicted molar refractivity (Wildman–Crippen MR) is 88.2 cm³/mol. The monoisotopic (exact) mass is 396 g/mol. The van der Waals surface area contributed by atoms with E-state index in [9.17, 15) is 22.0 Å². The first-order chi connectivity index (χ1) is 11.7. The van der Waals surface area contributed by atoms with Gasteiger partial charge in [-0.25, -0.2) is 8.78 Å². The van der Waals surface area contributed by atoms with Gasteiger partial charge in [0.15, 0.2) is 0 Å². The van der Waals surface area contributed by atoms with Crippen molar-refractivity contribution >= 4 is 27.6 Å². The second-order valence-corrected chi connectivity index (χ2v) is 8.19. The third-order valence-corrected chi connectivity index (χ3v) is 5.81. The van der Waals surface area contributed by atoms with Crippen molar-refractivity contribution < 1.29 is 26.2 Å². The van der Waals surface area contributed by atoms with Crippen LogP contribution in [-0.2, 0) is 14.3 Å². The maximum Gasteiger partial charge on any atom is 0.281 e. The quantitative estimate of drug-likeness (QED) is 0.747. The van der Waals surface area contributed by atoms with Crippen molar-refractivity contribution in [2.75, 3.05) is 12.9 Å². The summed E-state index contributed by atoms with van der Waals surface area (Å²) in [6, 6.07) is 0.959. The van der Waals surface area contributed by atoms with Crippen LogP contribution in [0.3, 0.4) is 0 Å². The van der Waals surface area contributed by atoms with Crippen molar-refractivity contribution in [3.63, 3.8) is 0 Å². The average Bonchev–Trinajstić information content (AvgIpc) is 2.56. The molecule has 1 saturated carbocycles. The first kappa shape index (κ1) is 20.0. The first-order valence-corrected chi connectivity index (χ1v) is 9.70. The summed E-state index contributed by atoms with van der Waals surface area (Å²) in [4.78, 5) is 15.8. The molecule has 10 heteroatoms. The number of carbonyl (C=O) groups excluding carboxylic acids is 1. The highest BCUT2D eigenvalue weighted by Crippen LogP contribution is 2.27. The van der Waals surface area contributed by atoms with Gasteiger partial charge in [-0.3, -0.25) is 14.0 Å². The summed E-state index contributed by atoms with van der Waals surface area (Å²) in [5.74, 6) is -0.751. The van der Waals surface area contributed by atoms with Gasteiger partial charge in [-0.05, 0) is 37.7 Å². The van der Waals surface area contributed by atoms with E-state index in [1.54, 1.807) is 0 Å². The smallest absolute Gasteiger partial charge is 0.281 e. The van der Waals surface area contributed by atoms with E-state index in [0.717, 1.165) is 13.3 Å². The highest BCUT2D eigenvalue weighted by atomic mass is 35.5. The number of nitrogens with one attached hydrogen (secondary N) is 1. The maximum absolute atomic E-state index is 13.0. The lowest BCUT2D eigenvalue weighted by molar-refractivity contribution is 0.0907. The number of carbonyl (C=O) groups is 1. The molecule has 1 aliphatic carbocycles. The van der Waals surface area contributed by atoms with Crippen molar-refractivity contribution in [3.05, 3.63) is 28.5 Å². The Balaban J connectivity index is 1.96. The minimum absolute atomic E-state index is 0.0393. The Morgan fingerprint density at radius 2 is 2.04 bits per heavy atom. The standard InChI is InChI=1S/C15H19ClF2N2O4S/c1-24-25(22,23)8-9-2-4-11(5-3-9)20-15(21)12-6-10(16)7-19-13(12)14(17)18/h6-7,9,11,14H,2-5,8H2,1H3,(H,20,21). The summed E-state index contributed by atoms with van der Waals surface area (Å²) < 4.78 is 53.3. The van der Waals surface area contributed by atoms with Crippen LogP contribution in [-0.4, -0.2) is 38.2 Å². The normalized spacial score (nSPS) is 21.3. The molecule has 1 heterocycles. The molecule has 1 aromatic rings. The van der Waals surface area contributed by atoms with Crippen molar-refractivity contribution in [1.29, 1.82) is 0 Å². The van der Waals surface area contributed by atoms with Crippen molar-refractivity contribution in [2.24, 2.45) is 5.92 Å². The summed E-state index contributed by atoms with van der Waals surface area (Å²) in [5.41, 5.74) is -0.853. The van der Waals surface area contributed by atoms with Crippen LogP contribution in [0, 0.1) is 5.92 Å². The van der Waals surface area contributed by atoms with Crippen molar-refractivity contribution in [2.45, 2.75) is 38.2 Å². The van der Waals surface area contributed by atoms with Gasteiger partial charge in [-0.15, -0.1) is 0 Å². The van der Waals surface area contributed by atoms with E-state index >= 15 is 0 Å². The molecule has 0 aromatic carbocycles. The van der Waals surface area contributed by atoms with Crippen LogP contribution in [0.25, 0.3) is 0 Å². The molecule has 0 radical (unpaired) electrons. The van der Waals surface area contributed by atoms with Crippen LogP contribution in [0.5, 0.6) is 0 Å². The van der Waals surface area contributed by atoms with Crippen LogP contribution in [0.15, 0.2) is 12.3 Å². The number of nitrogens with zero attached hydrogens (tertiary/aromatic N) is 1. The van der Waals surface area contributed by atoms with E-state index in [0.29, 0.717) is 25.7 Å². The molecule has 1 aromatic heterocycles. The van der Waals surface area contributed by atoms with E-state index in [2.05, 4.69) is 14.5 Å². The molecule has 0 unspecified atom stereocenters. The Morgan fingerprint density at radius 3 is 2.60 bits per heavy atom. The van der Waals surface area contributed by atoms with Gasteiger partial charge in [0.25, 0.3) is 22.5 Å². The zero-order chi connectivity index (χ0) is 18.6. The number of aromatic nitrogens is 1. The molecule has 6 nitrogen and oxygen atoms in total. The lowest BCUT2D eigenvalue weighted by Gasteiger charge is -2.28. The number of alkyl halides is 2. The minimum atomic E-state index is -3.52. The first-order valence-electron chi connectivity index (χ1n) is 7.74. The zero-order valence-electron chi connectivity index (χ0n) is 13.5. The summed E-state index contributed by atoms with van der Waals surface area (Å²) in [6.45, 7) is 0. The van der Waals surface area contributed by atoms with Crippen LogP contribution >= 0.6 is 11.6 Å². The lowest BCUT2D eigenvalue weighted by atomic mass is 9.87. The van der Waals surface area contributed by atoms with E-state index in [1.807, 2.05) is 0 Å². The molecule has 1 N–H and O–H groups in total. The fourth-order valence-corrected chi connectivity index (χ4v) is 4.10. The van der Waals surface area contributed by atoms with Crippen LogP contribution < -0.4 is 5.32 Å². The molecule has 0 aliphatic heterocycles. The molecule has 0 atom stereocenters. The van der Waals surface area contributed by atoms with E-state index < -0.39 is 28.1 Å². The largest absolute Gasteiger partial charge is 0.349 e. The molecule has 25 heavy (non-hydrogen) atoms. The fourth-order valence-electron chi connectivity index (χ4n) is 2.90. The van der Waals surface area contributed by atoms with Gasteiger partial charge in [0.05, 0.1) is 23.4 Å². The lowest BCUT2D eigenvalue weighted by Crippen LogP contribution is -2.39. The molecule has 1 fully saturated rings. The predicted octanol–water partition coefficient (Wildman–Crippen LogP) is 2.94. The van der Waals surface area contributed by atoms with Gasteiger partial charge in [-0.1, -0.05) is 11.6 Å². The van der Waals surface area contributed by atoms with Gasteiger partial charge in [0.1, 0.15) is 5.69 Å². The minimum Gasteiger partial charge on any atom is -0.349 e. The van der Waals surface area contributed by atoms with Gasteiger partial charge in [0.2, 0.25) is 0 Å². The zero-order valence-corrected chi connectivity index (χ0v) is 15.1. The second-order valence-electron chi connectivity index (χ2n) is 5.97. The summed E-state index contributed by atoms with van der Waals surface area (Å²) in [5, 5.41) is 2.80. The molecule has 1 amide bonds. The third-order valence-electron chi connectivity index (χ3n) is 4.21. The van der Waals surface area contributed by atoms with Crippen molar-refractivity contribution in [3.8, 4) is 0 Å². The van der Waals surface area contributed by atoms with Crippen molar-refractivity contribution in [1.82, 2.24) is 10.3 Å². The summed E-state index contributed by atoms with van der Waals surface area (Å²) >= 11 is 5.75. The van der Waals surface area contributed by atoms with Gasteiger partial charge < -0.3 is 5.32 Å².